The molecule has 1 aliphatic heterocycles. The third kappa shape index (κ3) is 3.78. The van der Waals surface area contributed by atoms with E-state index in [-0.39, 0.29) is 0 Å². The summed E-state index contributed by atoms with van der Waals surface area (Å²) in [5.74, 6) is 1.58. The van der Waals surface area contributed by atoms with Crippen molar-refractivity contribution in [1.29, 1.82) is 0 Å². The highest BCUT2D eigenvalue weighted by molar-refractivity contribution is 7.99. The Balaban J connectivity index is 2.05. The van der Waals surface area contributed by atoms with Gasteiger partial charge in [0.1, 0.15) is 0 Å². The number of thioether (sulfide) groups is 1. The van der Waals surface area contributed by atoms with E-state index < -0.39 is 0 Å². The van der Waals surface area contributed by atoms with Crippen LogP contribution in [-0.2, 0) is 0 Å². The Morgan fingerprint density at radius 2 is 2.17 bits per heavy atom. The van der Waals surface area contributed by atoms with Gasteiger partial charge in [0, 0.05) is 11.9 Å². The second kappa shape index (κ2) is 5.84. The molecule has 0 amide bonds. The lowest BCUT2D eigenvalue weighted by Crippen LogP contribution is -2.29. The van der Waals surface area contributed by atoms with Crippen LogP contribution in [0.5, 0.6) is 0 Å². The van der Waals surface area contributed by atoms with Crippen molar-refractivity contribution >= 4 is 11.8 Å². The zero-order chi connectivity index (χ0) is 8.81. The predicted octanol–water partition coefficient (Wildman–Crippen LogP) is 1.10. The third-order valence-electron chi connectivity index (χ3n) is 2.21. The van der Waals surface area contributed by atoms with Crippen LogP contribution in [0.4, 0.5) is 0 Å². The molecule has 2 N–H and O–H groups in total. The largest absolute Gasteiger partial charge is 0.396 e. The molecular formula is C9H19NOS. The maximum Gasteiger partial charge on any atom is 0.0464 e. The van der Waals surface area contributed by atoms with Crippen molar-refractivity contribution in [2.24, 2.45) is 5.92 Å². The summed E-state index contributed by atoms with van der Waals surface area (Å²) in [6, 6.07) is 0. The van der Waals surface area contributed by atoms with Crippen LogP contribution in [0.2, 0.25) is 0 Å². The minimum absolute atomic E-state index is 0.331. The van der Waals surface area contributed by atoms with Crippen LogP contribution in [-0.4, -0.2) is 35.8 Å². The SMILES string of the molecule is CC(CO)CSC1CCNCC1. The minimum Gasteiger partial charge on any atom is -0.396 e. The third-order valence-corrected chi connectivity index (χ3v) is 3.92. The van der Waals surface area contributed by atoms with E-state index in [4.69, 9.17) is 5.11 Å². The molecule has 0 aromatic rings. The van der Waals surface area contributed by atoms with E-state index in [0.29, 0.717) is 12.5 Å². The fraction of sp³-hybridized carbons (Fsp3) is 1.00. The molecule has 0 aromatic carbocycles. The zero-order valence-corrected chi connectivity index (χ0v) is 8.57. The van der Waals surface area contributed by atoms with Crippen molar-refractivity contribution < 1.29 is 5.11 Å². The van der Waals surface area contributed by atoms with Crippen molar-refractivity contribution in [3.8, 4) is 0 Å². The molecule has 72 valence electrons. The lowest BCUT2D eigenvalue weighted by molar-refractivity contribution is 0.250. The Morgan fingerprint density at radius 1 is 1.50 bits per heavy atom. The van der Waals surface area contributed by atoms with Crippen molar-refractivity contribution in [3.63, 3.8) is 0 Å². The van der Waals surface area contributed by atoms with Crippen molar-refractivity contribution in [2.45, 2.75) is 25.0 Å². The van der Waals surface area contributed by atoms with E-state index in [1.807, 2.05) is 11.8 Å². The number of rotatable bonds is 4. The number of nitrogens with one attached hydrogen (secondary N) is 1. The van der Waals surface area contributed by atoms with Gasteiger partial charge in [-0.3, -0.25) is 0 Å². The van der Waals surface area contributed by atoms with Gasteiger partial charge in [0.25, 0.3) is 0 Å². The van der Waals surface area contributed by atoms with Gasteiger partial charge < -0.3 is 10.4 Å². The summed E-state index contributed by atoms with van der Waals surface area (Å²) >= 11 is 2.03. The van der Waals surface area contributed by atoms with E-state index in [9.17, 15) is 0 Å². The van der Waals surface area contributed by atoms with E-state index in [1.165, 1.54) is 25.9 Å². The van der Waals surface area contributed by atoms with Crippen LogP contribution >= 0.6 is 11.8 Å². The molecule has 1 unspecified atom stereocenters. The summed E-state index contributed by atoms with van der Waals surface area (Å²) in [5, 5.41) is 13.0. The smallest absolute Gasteiger partial charge is 0.0464 e. The molecule has 3 heteroatoms. The van der Waals surface area contributed by atoms with Gasteiger partial charge in [-0.1, -0.05) is 6.92 Å². The predicted molar refractivity (Wildman–Crippen MR) is 54.6 cm³/mol. The van der Waals surface area contributed by atoms with Crippen LogP contribution < -0.4 is 5.32 Å². The Bertz CT molecular complexity index is 115. The molecule has 0 radical (unpaired) electrons. The van der Waals surface area contributed by atoms with Gasteiger partial charge in [0.15, 0.2) is 0 Å². The fourth-order valence-electron chi connectivity index (χ4n) is 1.32. The maximum atomic E-state index is 8.84. The number of aliphatic hydroxyl groups excluding tert-OH is 1. The monoisotopic (exact) mass is 189 g/mol. The summed E-state index contributed by atoms with van der Waals surface area (Å²) in [4.78, 5) is 0. The normalized spacial score (nSPS) is 22.5. The number of piperidine rings is 1. The average Bonchev–Trinajstić information content (AvgIpc) is 2.16. The molecule has 0 aliphatic carbocycles. The summed E-state index contributed by atoms with van der Waals surface area (Å²) in [6.07, 6.45) is 2.59. The first kappa shape index (κ1) is 10.4. The van der Waals surface area contributed by atoms with Gasteiger partial charge in [0.2, 0.25) is 0 Å². The summed E-state index contributed by atoms with van der Waals surface area (Å²) < 4.78 is 0. The molecule has 12 heavy (non-hydrogen) atoms. The van der Waals surface area contributed by atoms with E-state index in [2.05, 4.69) is 12.2 Å². The highest BCUT2D eigenvalue weighted by Crippen LogP contribution is 2.22. The zero-order valence-electron chi connectivity index (χ0n) is 7.75. The lowest BCUT2D eigenvalue weighted by atomic mass is 10.2. The van der Waals surface area contributed by atoms with Gasteiger partial charge in [-0.2, -0.15) is 11.8 Å². The second-order valence-electron chi connectivity index (χ2n) is 3.57. The number of aliphatic hydroxyl groups is 1. The van der Waals surface area contributed by atoms with Crippen molar-refractivity contribution in [3.05, 3.63) is 0 Å². The highest BCUT2D eigenvalue weighted by atomic mass is 32.2. The first-order valence-corrected chi connectivity index (χ1v) is 5.81. The van der Waals surface area contributed by atoms with Gasteiger partial charge in [0.05, 0.1) is 0 Å². The van der Waals surface area contributed by atoms with Gasteiger partial charge in [-0.15, -0.1) is 0 Å². The molecule has 1 fully saturated rings. The van der Waals surface area contributed by atoms with Crippen molar-refractivity contribution in [2.75, 3.05) is 25.4 Å². The molecule has 2 nitrogen and oxygen atoms in total. The minimum atomic E-state index is 0.331. The Morgan fingerprint density at radius 3 is 2.75 bits per heavy atom. The second-order valence-corrected chi connectivity index (χ2v) is 4.90. The standard InChI is InChI=1S/C9H19NOS/c1-8(6-11)7-12-9-2-4-10-5-3-9/h8-11H,2-7H2,1H3. The van der Waals surface area contributed by atoms with Crippen LogP contribution in [0, 0.1) is 5.92 Å². The molecule has 0 bridgehead atoms. The van der Waals surface area contributed by atoms with Crippen LogP contribution in [0.3, 0.4) is 0 Å². The molecule has 1 aliphatic rings. The molecule has 1 heterocycles. The van der Waals surface area contributed by atoms with Gasteiger partial charge in [-0.05, 0) is 37.6 Å². The Kier molecular flexibility index (Phi) is 5.04. The number of hydrogen-bond acceptors (Lipinski definition) is 3. The highest BCUT2D eigenvalue weighted by Gasteiger charge is 2.13. The van der Waals surface area contributed by atoms with Crippen LogP contribution in [0.1, 0.15) is 19.8 Å². The Labute approximate surface area is 79.1 Å². The Hall–Kier alpha value is 0.270. The maximum absolute atomic E-state index is 8.84. The van der Waals surface area contributed by atoms with Gasteiger partial charge in [-0.25, -0.2) is 0 Å². The van der Waals surface area contributed by atoms with Crippen LogP contribution in [0.25, 0.3) is 0 Å². The van der Waals surface area contributed by atoms with E-state index >= 15 is 0 Å². The lowest BCUT2D eigenvalue weighted by Gasteiger charge is -2.22. The number of hydrogen-bond donors (Lipinski definition) is 2. The van der Waals surface area contributed by atoms with Crippen molar-refractivity contribution in [1.82, 2.24) is 5.32 Å². The first-order chi connectivity index (χ1) is 5.83. The van der Waals surface area contributed by atoms with E-state index in [1.54, 1.807) is 0 Å². The fourth-order valence-corrected chi connectivity index (χ4v) is 2.59. The molecular weight excluding hydrogens is 170 g/mol. The molecule has 1 atom stereocenters. The molecule has 1 rings (SSSR count). The van der Waals surface area contributed by atoms with Gasteiger partial charge >= 0.3 is 0 Å². The summed E-state index contributed by atoms with van der Waals surface area (Å²) in [7, 11) is 0. The summed E-state index contributed by atoms with van der Waals surface area (Å²) in [5.41, 5.74) is 0. The molecule has 0 aromatic heterocycles. The van der Waals surface area contributed by atoms with Crippen LogP contribution in [0.15, 0.2) is 0 Å². The molecule has 1 saturated heterocycles. The quantitative estimate of drug-likeness (QED) is 0.694. The average molecular weight is 189 g/mol. The summed E-state index contributed by atoms with van der Waals surface area (Å²) in [6.45, 7) is 4.78. The van der Waals surface area contributed by atoms with E-state index in [0.717, 1.165) is 11.0 Å². The molecule has 0 saturated carbocycles. The first-order valence-electron chi connectivity index (χ1n) is 4.76. The topological polar surface area (TPSA) is 32.3 Å². The molecule has 0 spiro atoms.